The van der Waals surface area contributed by atoms with Gasteiger partial charge in [0.2, 0.25) is 5.91 Å². The van der Waals surface area contributed by atoms with Crippen LogP contribution in [0.4, 0.5) is 11.4 Å². The molecule has 1 atom stereocenters. The second kappa shape index (κ2) is 5.84. The van der Waals surface area contributed by atoms with Gasteiger partial charge in [-0.05, 0) is 18.3 Å². The zero-order chi connectivity index (χ0) is 15.6. The summed E-state index contributed by atoms with van der Waals surface area (Å²) in [7, 11) is 3.11. The number of carbonyl (C=O) groups is 1. The molecule has 0 saturated heterocycles. The zero-order valence-corrected chi connectivity index (χ0v) is 13.2. The van der Waals surface area contributed by atoms with E-state index in [1.54, 1.807) is 26.4 Å². The van der Waals surface area contributed by atoms with Crippen LogP contribution in [0.5, 0.6) is 11.5 Å². The van der Waals surface area contributed by atoms with Crippen LogP contribution < -0.4 is 20.5 Å². The quantitative estimate of drug-likeness (QED) is 0.836. The van der Waals surface area contributed by atoms with E-state index in [0.29, 0.717) is 22.9 Å². The van der Waals surface area contributed by atoms with E-state index < -0.39 is 0 Å². The molecule has 1 fully saturated rings. The van der Waals surface area contributed by atoms with Gasteiger partial charge in [-0.2, -0.15) is 0 Å². The van der Waals surface area contributed by atoms with Gasteiger partial charge in [0.05, 0.1) is 25.6 Å². The number of benzene rings is 1. The highest BCUT2D eigenvalue weighted by Gasteiger charge is 2.39. The number of amides is 1. The van der Waals surface area contributed by atoms with Gasteiger partial charge in [0.15, 0.2) is 11.5 Å². The smallest absolute Gasteiger partial charge is 0.228 e. The third-order valence-corrected chi connectivity index (χ3v) is 4.39. The van der Waals surface area contributed by atoms with Crippen molar-refractivity contribution in [1.29, 1.82) is 0 Å². The van der Waals surface area contributed by atoms with E-state index in [4.69, 9.17) is 15.2 Å². The maximum absolute atomic E-state index is 12.5. The fourth-order valence-corrected chi connectivity index (χ4v) is 3.04. The monoisotopic (exact) mass is 292 g/mol. The number of rotatable bonds is 4. The van der Waals surface area contributed by atoms with Gasteiger partial charge in [0.1, 0.15) is 0 Å². The summed E-state index contributed by atoms with van der Waals surface area (Å²) in [5.74, 6) is 1.14. The first-order valence-electron chi connectivity index (χ1n) is 7.21. The minimum atomic E-state index is 0.0185. The largest absolute Gasteiger partial charge is 0.493 e. The van der Waals surface area contributed by atoms with Crippen molar-refractivity contribution < 1.29 is 14.3 Å². The van der Waals surface area contributed by atoms with Crippen molar-refractivity contribution in [1.82, 2.24) is 0 Å². The number of nitrogen functional groups attached to an aromatic ring is 1. The van der Waals surface area contributed by atoms with Crippen LogP contribution in [0.2, 0.25) is 0 Å². The van der Waals surface area contributed by atoms with Crippen molar-refractivity contribution in [2.24, 2.45) is 11.3 Å². The Bertz CT molecular complexity index is 541. The fourth-order valence-electron chi connectivity index (χ4n) is 3.04. The molecule has 0 aromatic heterocycles. The molecule has 1 aromatic rings. The van der Waals surface area contributed by atoms with Gasteiger partial charge < -0.3 is 20.5 Å². The molecule has 5 nitrogen and oxygen atoms in total. The normalized spacial score (nSPS) is 20.1. The first kappa shape index (κ1) is 15.5. The lowest BCUT2D eigenvalue weighted by molar-refractivity contribution is -0.122. The molecule has 116 valence electrons. The van der Waals surface area contributed by atoms with Gasteiger partial charge in [-0.1, -0.05) is 20.3 Å². The van der Waals surface area contributed by atoms with E-state index in [1.165, 1.54) is 0 Å². The topological polar surface area (TPSA) is 73.6 Å². The predicted octanol–water partition coefficient (Wildman–Crippen LogP) is 3.05. The summed E-state index contributed by atoms with van der Waals surface area (Å²) in [5, 5.41) is 2.93. The van der Waals surface area contributed by atoms with Crippen LogP contribution in [0.15, 0.2) is 12.1 Å². The average Bonchev–Trinajstić information content (AvgIpc) is 2.80. The van der Waals surface area contributed by atoms with Gasteiger partial charge in [-0.25, -0.2) is 0 Å². The molecule has 0 bridgehead atoms. The van der Waals surface area contributed by atoms with Crippen molar-refractivity contribution in [3.63, 3.8) is 0 Å². The molecule has 0 aliphatic heterocycles. The SMILES string of the molecule is COc1cc(N)c(NC(=O)C2CCCC2(C)C)cc1OC. The minimum Gasteiger partial charge on any atom is -0.493 e. The maximum atomic E-state index is 12.5. The third kappa shape index (κ3) is 3.06. The first-order valence-corrected chi connectivity index (χ1v) is 7.21. The van der Waals surface area contributed by atoms with Crippen molar-refractivity contribution in [2.75, 3.05) is 25.3 Å². The van der Waals surface area contributed by atoms with Gasteiger partial charge in [0, 0.05) is 18.1 Å². The van der Waals surface area contributed by atoms with E-state index in [9.17, 15) is 4.79 Å². The zero-order valence-electron chi connectivity index (χ0n) is 13.2. The molecule has 1 amide bonds. The van der Waals surface area contributed by atoms with Crippen LogP contribution in [0.25, 0.3) is 0 Å². The number of hydrogen-bond donors (Lipinski definition) is 2. The van der Waals surface area contributed by atoms with Crippen LogP contribution in [-0.4, -0.2) is 20.1 Å². The van der Waals surface area contributed by atoms with Crippen molar-refractivity contribution >= 4 is 17.3 Å². The van der Waals surface area contributed by atoms with Crippen molar-refractivity contribution in [2.45, 2.75) is 33.1 Å². The van der Waals surface area contributed by atoms with Gasteiger partial charge in [-0.15, -0.1) is 0 Å². The highest BCUT2D eigenvalue weighted by Crippen LogP contribution is 2.43. The number of methoxy groups -OCH3 is 2. The molecule has 0 heterocycles. The summed E-state index contributed by atoms with van der Waals surface area (Å²) in [6, 6.07) is 3.36. The van der Waals surface area contributed by atoms with E-state index >= 15 is 0 Å². The Kier molecular flexibility index (Phi) is 4.30. The standard InChI is InChI=1S/C16H24N2O3/c1-16(2)7-5-6-10(16)15(19)18-12-9-14(21-4)13(20-3)8-11(12)17/h8-10H,5-7,17H2,1-4H3,(H,18,19). The summed E-state index contributed by atoms with van der Waals surface area (Å²) >= 11 is 0. The summed E-state index contributed by atoms with van der Waals surface area (Å²) in [5.41, 5.74) is 7.06. The molecule has 1 aliphatic rings. The Morgan fingerprint density at radius 1 is 1.29 bits per heavy atom. The molecule has 1 aromatic carbocycles. The summed E-state index contributed by atoms with van der Waals surface area (Å²) < 4.78 is 10.4. The van der Waals surface area contributed by atoms with E-state index in [-0.39, 0.29) is 17.2 Å². The van der Waals surface area contributed by atoms with E-state index in [1.807, 2.05) is 0 Å². The highest BCUT2D eigenvalue weighted by atomic mass is 16.5. The minimum absolute atomic E-state index is 0.0185. The lowest BCUT2D eigenvalue weighted by Gasteiger charge is -2.26. The maximum Gasteiger partial charge on any atom is 0.228 e. The average molecular weight is 292 g/mol. The van der Waals surface area contributed by atoms with Crippen molar-refractivity contribution in [3.8, 4) is 11.5 Å². The molecule has 1 saturated carbocycles. The Morgan fingerprint density at radius 3 is 2.43 bits per heavy atom. The van der Waals surface area contributed by atoms with Crippen molar-refractivity contribution in [3.05, 3.63) is 12.1 Å². The number of hydrogen-bond acceptors (Lipinski definition) is 4. The van der Waals surface area contributed by atoms with Crippen LogP contribution in [0.3, 0.4) is 0 Å². The molecule has 21 heavy (non-hydrogen) atoms. The van der Waals surface area contributed by atoms with E-state index in [2.05, 4.69) is 19.2 Å². The number of anilines is 2. The highest BCUT2D eigenvalue weighted by molar-refractivity contribution is 5.96. The molecular formula is C16H24N2O3. The number of nitrogens with one attached hydrogen (secondary N) is 1. The van der Waals surface area contributed by atoms with Gasteiger partial charge >= 0.3 is 0 Å². The Hall–Kier alpha value is -1.91. The molecular weight excluding hydrogens is 268 g/mol. The number of nitrogens with two attached hydrogens (primary N) is 1. The lowest BCUT2D eigenvalue weighted by Crippen LogP contribution is -2.31. The predicted molar refractivity (Wildman–Crippen MR) is 83.7 cm³/mol. The van der Waals surface area contributed by atoms with Crippen LogP contribution in [0, 0.1) is 11.3 Å². The molecule has 1 unspecified atom stereocenters. The Balaban J connectivity index is 2.21. The molecule has 0 spiro atoms. The van der Waals surface area contributed by atoms with Gasteiger partial charge in [-0.3, -0.25) is 4.79 Å². The van der Waals surface area contributed by atoms with Crippen LogP contribution >= 0.6 is 0 Å². The third-order valence-electron chi connectivity index (χ3n) is 4.39. The fraction of sp³-hybridized carbons (Fsp3) is 0.562. The summed E-state index contributed by atoms with van der Waals surface area (Å²) in [6.07, 6.45) is 3.09. The molecule has 1 aliphatic carbocycles. The lowest BCUT2D eigenvalue weighted by atomic mass is 9.81. The summed E-state index contributed by atoms with van der Waals surface area (Å²) in [6.45, 7) is 4.28. The number of ether oxygens (including phenoxy) is 2. The van der Waals surface area contributed by atoms with Gasteiger partial charge in [0.25, 0.3) is 0 Å². The Morgan fingerprint density at radius 2 is 1.90 bits per heavy atom. The molecule has 3 N–H and O–H groups in total. The second-order valence-corrected chi connectivity index (χ2v) is 6.22. The summed E-state index contributed by atoms with van der Waals surface area (Å²) in [4.78, 5) is 12.5. The molecule has 0 radical (unpaired) electrons. The second-order valence-electron chi connectivity index (χ2n) is 6.22. The molecule has 2 rings (SSSR count). The number of carbonyl (C=O) groups excluding carboxylic acids is 1. The Labute approximate surface area is 125 Å². The van der Waals surface area contributed by atoms with Crippen LogP contribution in [-0.2, 0) is 4.79 Å². The van der Waals surface area contributed by atoms with E-state index in [0.717, 1.165) is 19.3 Å². The first-order chi connectivity index (χ1) is 9.89. The molecule has 5 heteroatoms. The van der Waals surface area contributed by atoms with Crippen LogP contribution in [0.1, 0.15) is 33.1 Å².